The van der Waals surface area contributed by atoms with Crippen LogP contribution in [0.4, 0.5) is 13.2 Å². The van der Waals surface area contributed by atoms with Crippen LogP contribution in [0.1, 0.15) is 6.92 Å². The molecule has 1 saturated heterocycles. The van der Waals surface area contributed by atoms with E-state index in [0.29, 0.717) is 26.2 Å². The van der Waals surface area contributed by atoms with Gasteiger partial charge < -0.3 is 4.90 Å². The SMILES string of the molecule is C=C(C)N1CCN(CC(F)(F)F)CC1. The normalized spacial score (nSPS) is 19.9. The number of hydrogen-bond acceptors (Lipinski definition) is 2. The summed E-state index contributed by atoms with van der Waals surface area (Å²) in [6.45, 7) is 7.06. The molecule has 0 aromatic rings. The van der Waals surface area contributed by atoms with Crippen molar-refractivity contribution in [2.24, 2.45) is 0 Å². The fourth-order valence-electron chi connectivity index (χ4n) is 1.54. The van der Waals surface area contributed by atoms with Gasteiger partial charge in [0.2, 0.25) is 0 Å². The lowest BCUT2D eigenvalue weighted by atomic mass is 10.3. The zero-order chi connectivity index (χ0) is 10.8. The quantitative estimate of drug-likeness (QED) is 0.681. The Morgan fingerprint density at radius 1 is 1.21 bits per heavy atom. The summed E-state index contributed by atoms with van der Waals surface area (Å²) in [7, 11) is 0. The molecule has 0 aliphatic carbocycles. The van der Waals surface area contributed by atoms with Crippen molar-refractivity contribution in [2.45, 2.75) is 13.1 Å². The van der Waals surface area contributed by atoms with Crippen LogP contribution in [-0.4, -0.2) is 48.7 Å². The number of hydrogen-bond donors (Lipinski definition) is 0. The molecule has 2 nitrogen and oxygen atoms in total. The Hall–Kier alpha value is -0.710. The number of alkyl halides is 3. The average molecular weight is 208 g/mol. The number of piperazine rings is 1. The van der Waals surface area contributed by atoms with Gasteiger partial charge >= 0.3 is 6.18 Å². The van der Waals surface area contributed by atoms with E-state index in [-0.39, 0.29) is 0 Å². The maximum absolute atomic E-state index is 12.0. The second-order valence-corrected chi connectivity index (χ2v) is 3.61. The molecule has 5 heteroatoms. The highest BCUT2D eigenvalue weighted by Crippen LogP contribution is 2.18. The van der Waals surface area contributed by atoms with Gasteiger partial charge in [-0.05, 0) is 6.92 Å². The highest BCUT2D eigenvalue weighted by molar-refractivity contribution is 4.91. The monoisotopic (exact) mass is 208 g/mol. The molecule has 0 unspecified atom stereocenters. The van der Waals surface area contributed by atoms with Crippen LogP contribution in [0.5, 0.6) is 0 Å². The Balaban J connectivity index is 2.33. The van der Waals surface area contributed by atoms with Crippen LogP contribution in [0.25, 0.3) is 0 Å². The fraction of sp³-hybridized carbons (Fsp3) is 0.778. The molecule has 14 heavy (non-hydrogen) atoms. The molecule has 0 aromatic carbocycles. The van der Waals surface area contributed by atoms with E-state index in [1.165, 1.54) is 4.90 Å². The average Bonchev–Trinajstić information content (AvgIpc) is 2.02. The summed E-state index contributed by atoms with van der Waals surface area (Å²) in [4.78, 5) is 3.44. The van der Waals surface area contributed by atoms with Crippen LogP contribution >= 0.6 is 0 Å². The summed E-state index contributed by atoms with van der Waals surface area (Å²) in [6.07, 6.45) is -4.08. The second-order valence-electron chi connectivity index (χ2n) is 3.61. The molecule has 1 heterocycles. The van der Waals surface area contributed by atoms with Crippen molar-refractivity contribution in [3.05, 3.63) is 12.3 Å². The van der Waals surface area contributed by atoms with Crippen molar-refractivity contribution in [1.82, 2.24) is 9.80 Å². The molecule has 1 aliphatic rings. The molecule has 0 aromatic heterocycles. The lowest BCUT2D eigenvalue weighted by Crippen LogP contribution is -2.48. The van der Waals surface area contributed by atoms with Crippen molar-refractivity contribution in [2.75, 3.05) is 32.7 Å². The van der Waals surface area contributed by atoms with Crippen molar-refractivity contribution in [1.29, 1.82) is 0 Å². The predicted octanol–water partition coefficient (Wildman–Crippen LogP) is 1.70. The van der Waals surface area contributed by atoms with Gasteiger partial charge in [0, 0.05) is 31.9 Å². The van der Waals surface area contributed by atoms with E-state index in [9.17, 15) is 13.2 Å². The molecule has 0 radical (unpaired) electrons. The van der Waals surface area contributed by atoms with Gasteiger partial charge in [-0.1, -0.05) is 6.58 Å². The molecule has 0 bridgehead atoms. The zero-order valence-corrected chi connectivity index (χ0v) is 8.27. The minimum atomic E-state index is -4.08. The first kappa shape index (κ1) is 11.4. The molecule has 0 spiro atoms. The van der Waals surface area contributed by atoms with Gasteiger partial charge in [0.05, 0.1) is 6.54 Å². The summed E-state index contributed by atoms with van der Waals surface area (Å²) in [6, 6.07) is 0. The van der Waals surface area contributed by atoms with Gasteiger partial charge in [0.15, 0.2) is 0 Å². The maximum atomic E-state index is 12.0. The molecule has 0 amide bonds. The van der Waals surface area contributed by atoms with Gasteiger partial charge in [-0.15, -0.1) is 0 Å². The minimum absolute atomic E-state index is 0.465. The topological polar surface area (TPSA) is 6.48 Å². The summed E-state index contributed by atoms with van der Waals surface area (Å²) in [5.74, 6) is 0. The van der Waals surface area contributed by atoms with Gasteiger partial charge in [-0.2, -0.15) is 13.2 Å². The molecular weight excluding hydrogens is 193 g/mol. The largest absolute Gasteiger partial charge is 0.401 e. The first-order valence-electron chi connectivity index (χ1n) is 4.58. The number of rotatable bonds is 2. The first-order valence-corrected chi connectivity index (χ1v) is 4.58. The van der Waals surface area contributed by atoms with Crippen molar-refractivity contribution in [3.8, 4) is 0 Å². The summed E-state index contributed by atoms with van der Waals surface area (Å²) in [5.41, 5.74) is 0.927. The Morgan fingerprint density at radius 3 is 2.07 bits per heavy atom. The van der Waals surface area contributed by atoms with E-state index >= 15 is 0 Å². The van der Waals surface area contributed by atoms with Crippen LogP contribution < -0.4 is 0 Å². The molecular formula is C9H15F3N2. The minimum Gasteiger partial charge on any atom is -0.373 e. The van der Waals surface area contributed by atoms with Gasteiger partial charge in [-0.3, -0.25) is 4.90 Å². The van der Waals surface area contributed by atoms with Crippen LogP contribution in [0.15, 0.2) is 12.3 Å². The van der Waals surface area contributed by atoms with E-state index in [1.807, 2.05) is 11.8 Å². The third kappa shape index (κ3) is 3.57. The van der Waals surface area contributed by atoms with Crippen LogP contribution in [0, 0.1) is 0 Å². The maximum Gasteiger partial charge on any atom is 0.401 e. The van der Waals surface area contributed by atoms with E-state index in [2.05, 4.69) is 6.58 Å². The van der Waals surface area contributed by atoms with E-state index < -0.39 is 12.7 Å². The summed E-state index contributed by atoms with van der Waals surface area (Å²) >= 11 is 0. The second kappa shape index (κ2) is 4.21. The third-order valence-corrected chi connectivity index (χ3v) is 2.32. The van der Waals surface area contributed by atoms with Crippen molar-refractivity contribution < 1.29 is 13.2 Å². The van der Waals surface area contributed by atoms with Crippen LogP contribution in [0.3, 0.4) is 0 Å². The molecule has 0 N–H and O–H groups in total. The number of nitrogens with zero attached hydrogens (tertiary/aromatic N) is 2. The highest BCUT2D eigenvalue weighted by Gasteiger charge is 2.31. The summed E-state index contributed by atoms with van der Waals surface area (Å²) < 4.78 is 36.1. The highest BCUT2D eigenvalue weighted by atomic mass is 19.4. The van der Waals surface area contributed by atoms with Crippen molar-refractivity contribution in [3.63, 3.8) is 0 Å². The smallest absolute Gasteiger partial charge is 0.373 e. The van der Waals surface area contributed by atoms with Crippen LogP contribution in [-0.2, 0) is 0 Å². The van der Waals surface area contributed by atoms with Gasteiger partial charge in [0.1, 0.15) is 0 Å². The number of halogens is 3. The lowest BCUT2D eigenvalue weighted by Gasteiger charge is -2.36. The molecule has 1 rings (SSSR count). The van der Waals surface area contributed by atoms with Crippen molar-refractivity contribution >= 4 is 0 Å². The molecule has 82 valence electrons. The van der Waals surface area contributed by atoms with E-state index in [4.69, 9.17) is 0 Å². The van der Waals surface area contributed by atoms with Gasteiger partial charge in [-0.25, -0.2) is 0 Å². The summed E-state index contributed by atoms with van der Waals surface area (Å²) in [5, 5.41) is 0. The Bertz CT molecular complexity index is 205. The standard InChI is InChI=1S/C9H15F3N2/c1-8(2)14-5-3-13(4-6-14)7-9(10,11)12/h1,3-7H2,2H3. The Labute approximate surface area is 82.0 Å². The molecule has 0 saturated carbocycles. The molecule has 1 fully saturated rings. The number of allylic oxidation sites excluding steroid dienone is 1. The Morgan fingerprint density at radius 2 is 1.71 bits per heavy atom. The zero-order valence-electron chi connectivity index (χ0n) is 8.27. The predicted molar refractivity (Wildman–Crippen MR) is 48.9 cm³/mol. The first-order chi connectivity index (χ1) is 6.38. The molecule has 1 aliphatic heterocycles. The Kier molecular flexibility index (Phi) is 3.42. The van der Waals surface area contributed by atoms with E-state index in [1.54, 1.807) is 0 Å². The van der Waals surface area contributed by atoms with Gasteiger partial charge in [0.25, 0.3) is 0 Å². The molecule has 0 atom stereocenters. The van der Waals surface area contributed by atoms with Crippen LogP contribution in [0.2, 0.25) is 0 Å². The van der Waals surface area contributed by atoms with E-state index in [0.717, 1.165) is 5.70 Å². The lowest BCUT2D eigenvalue weighted by molar-refractivity contribution is -0.148. The third-order valence-electron chi connectivity index (χ3n) is 2.32. The fourth-order valence-corrected chi connectivity index (χ4v) is 1.54.